The summed E-state index contributed by atoms with van der Waals surface area (Å²) in [5, 5.41) is 6.36. The van der Waals surface area contributed by atoms with E-state index in [-0.39, 0.29) is 17.9 Å². The Bertz CT molecular complexity index is 448. The normalized spacial score (nSPS) is 28.1. The number of nitrogens with one attached hydrogen (secondary N) is 2. The van der Waals surface area contributed by atoms with Crippen molar-refractivity contribution in [1.29, 1.82) is 0 Å². The molecule has 142 valence electrons. The van der Waals surface area contributed by atoms with E-state index in [1.807, 2.05) is 4.90 Å². The predicted octanol–water partition coefficient (Wildman–Crippen LogP) is -0.184. The summed E-state index contributed by atoms with van der Waals surface area (Å²) in [7, 11) is 0. The molecule has 7 heteroatoms. The summed E-state index contributed by atoms with van der Waals surface area (Å²) < 4.78 is 5.30. The Morgan fingerprint density at radius 3 is 2.72 bits per heavy atom. The maximum atomic E-state index is 12.3. The van der Waals surface area contributed by atoms with Gasteiger partial charge in [0, 0.05) is 39.1 Å². The molecule has 0 aromatic rings. The number of nitrogens with zero attached hydrogens (tertiary/aromatic N) is 2. The van der Waals surface area contributed by atoms with Gasteiger partial charge in [0.25, 0.3) is 0 Å². The molecular weight excluding hydrogens is 320 g/mol. The lowest BCUT2D eigenvalue weighted by atomic mass is 9.97. The maximum Gasteiger partial charge on any atom is 0.237 e. The van der Waals surface area contributed by atoms with E-state index < -0.39 is 0 Å². The minimum Gasteiger partial charge on any atom is -0.378 e. The summed E-state index contributed by atoms with van der Waals surface area (Å²) in [5.41, 5.74) is 0. The zero-order chi connectivity index (χ0) is 17.5. The SMILES string of the molecule is O=C(NCC1CCCN(CCC(=O)N2CCOCC2)C1)C1CCCN1. The van der Waals surface area contributed by atoms with E-state index in [2.05, 4.69) is 15.5 Å². The van der Waals surface area contributed by atoms with Crippen LogP contribution in [0.3, 0.4) is 0 Å². The van der Waals surface area contributed by atoms with Gasteiger partial charge in [0.1, 0.15) is 0 Å². The average molecular weight is 352 g/mol. The molecule has 3 saturated heterocycles. The lowest BCUT2D eigenvalue weighted by Gasteiger charge is -2.33. The fraction of sp³-hybridized carbons (Fsp3) is 0.889. The van der Waals surface area contributed by atoms with E-state index in [1.165, 1.54) is 0 Å². The van der Waals surface area contributed by atoms with Gasteiger partial charge in [-0.1, -0.05) is 0 Å². The summed E-state index contributed by atoms with van der Waals surface area (Å²) in [6.07, 6.45) is 4.93. The van der Waals surface area contributed by atoms with E-state index >= 15 is 0 Å². The van der Waals surface area contributed by atoms with Crippen LogP contribution in [-0.4, -0.2) is 86.7 Å². The first kappa shape index (κ1) is 18.6. The molecule has 2 unspecified atom stereocenters. The van der Waals surface area contributed by atoms with Crippen molar-refractivity contribution in [3.05, 3.63) is 0 Å². The van der Waals surface area contributed by atoms with Crippen LogP contribution in [0.4, 0.5) is 0 Å². The highest BCUT2D eigenvalue weighted by atomic mass is 16.5. The van der Waals surface area contributed by atoms with Crippen LogP contribution in [0.2, 0.25) is 0 Å². The average Bonchev–Trinajstić information content (AvgIpc) is 3.20. The van der Waals surface area contributed by atoms with Crippen LogP contribution >= 0.6 is 0 Å². The standard InChI is InChI=1S/C18H32N4O3/c23-17(22-9-11-25-12-10-22)5-8-21-7-2-3-15(14-21)13-20-18(24)16-4-1-6-19-16/h15-16,19H,1-14H2,(H,20,24). The molecule has 25 heavy (non-hydrogen) atoms. The van der Waals surface area contributed by atoms with E-state index in [1.54, 1.807) is 0 Å². The molecule has 0 aliphatic carbocycles. The van der Waals surface area contributed by atoms with Gasteiger partial charge in [-0.3, -0.25) is 9.59 Å². The fourth-order valence-corrected chi connectivity index (χ4v) is 4.02. The number of rotatable bonds is 6. The zero-order valence-corrected chi connectivity index (χ0v) is 15.2. The van der Waals surface area contributed by atoms with E-state index in [0.29, 0.717) is 25.6 Å². The van der Waals surface area contributed by atoms with Gasteiger partial charge in [-0.05, 0) is 44.7 Å². The first-order valence-corrected chi connectivity index (χ1v) is 9.81. The van der Waals surface area contributed by atoms with E-state index in [0.717, 1.165) is 71.5 Å². The largest absolute Gasteiger partial charge is 0.378 e. The summed E-state index contributed by atoms with van der Waals surface area (Å²) in [6.45, 7) is 7.34. The molecule has 0 spiro atoms. The molecule has 2 atom stereocenters. The second-order valence-electron chi connectivity index (χ2n) is 7.45. The number of piperidine rings is 1. The monoisotopic (exact) mass is 352 g/mol. The number of ether oxygens (including phenoxy) is 1. The maximum absolute atomic E-state index is 12.3. The Labute approximate surface area is 150 Å². The van der Waals surface area contributed by atoms with Crippen molar-refractivity contribution >= 4 is 11.8 Å². The number of likely N-dealkylation sites (tertiary alicyclic amines) is 1. The smallest absolute Gasteiger partial charge is 0.237 e. The van der Waals surface area contributed by atoms with Crippen LogP contribution in [0.5, 0.6) is 0 Å². The topological polar surface area (TPSA) is 73.9 Å². The van der Waals surface area contributed by atoms with E-state index in [4.69, 9.17) is 4.74 Å². The Kier molecular flexibility index (Phi) is 7.07. The lowest BCUT2D eigenvalue weighted by molar-refractivity contribution is -0.135. The molecule has 2 N–H and O–H groups in total. The highest BCUT2D eigenvalue weighted by molar-refractivity contribution is 5.82. The summed E-state index contributed by atoms with van der Waals surface area (Å²) in [4.78, 5) is 28.7. The molecular formula is C18H32N4O3. The van der Waals surface area contributed by atoms with Crippen molar-refractivity contribution in [2.24, 2.45) is 5.92 Å². The van der Waals surface area contributed by atoms with E-state index in [9.17, 15) is 9.59 Å². The molecule has 3 aliphatic heterocycles. The fourth-order valence-electron chi connectivity index (χ4n) is 4.02. The van der Waals surface area contributed by atoms with Crippen molar-refractivity contribution in [2.75, 3.05) is 59.0 Å². The first-order chi connectivity index (χ1) is 12.2. The van der Waals surface area contributed by atoms with Crippen molar-refractivity contribution in [1.82, 2.24) is 20.4 Å². The van der Waals surface area contributed by atoms with Gasteiger partial charge in [-0.15, -0.1) is 0 Å². The van der Waals surface area contributed by atoms with Gasteiger partial charge in [-0.25, -0.2) is 0 Å². The van der Waals surface area contributed by atoms with Crippen LogP contribution < -0.4 is 10.6 Å². The quantitative estimate of drug-likeness (QED) is 0.694. The third-order valence-corrected chi connectivity index (χ3v) is 5.55. The molecule has 3 heterocycles. The van der Waals surface area contributed by atoms with Crippen LogP contribution in [0.25, 0.3) is 0 Å². The molecule has 0 bridgehead atoms. The molecule has 3 aliphatic rings. The molecule has 0 radical (unpaired) electrons. The predicted molar refractivity (Wildman–Crippen MR) is 95.2 cm³/mol. The van der Waals surface area contributed by atoms with Crippen LogP contribution in [-0.2, 0) is 14.3 Å². The van der Waals surface area contributed by atoms with Crippen molar-refractivity contribution in [3.8, 4) is 0 Å². The van der Waals surface area contributed by atoms with Crippen LogP contribution in [0.15, 0.2) is 0 Å². The minimum absolute atomic E-state index is 0.00541. The van der Waals surface area contributed by atoms with Crippen LogP contribution in [0.1, 0.15) is 32.1 Å². The second kappa shape index (κ2) is 9.50. The number of carbonyl (C=O) groups excluding carboxylic acids is 2. The van der Waals surface area contributed by atoms with Gasteiger partial charge in [0.2, 0.25) is 11.8 Å². The van der Waals surface area contributed by atoms with Gasteiger partial charge in [-0.2, -0.15) is 0 Å². The third-order valence-electron chi connectivity index (χ3n) is 5.55. The summed E-state index contributed by atoms with van der Waals surface area (Å²) in [6, 6.07) is 0.00541. The molecule has 0 aromatic heterocycles. The number of carbonyl (C=O) groups is 2. The molecule has 0 aromatic carbocycles. The summed E-state index contributed by atoms with van der Waals surface area (Å²) >= 11 is 0. The van der Waals surface area contributed by atoms with Gasteiger partial charge in [0.15, 0.2) is 0 Å². The first-order valence-electron chi connectivity index (χ1n) is 9.81. The van der Waals surface area contributed by atoms with Crippen molar-refractivity contribution < 1.29 is 14.3 Å². The second-order valence-corrected chi connectivity index (χ2v) is 7.45. The molecule has 7 nitrogen and oxygen atoms in total. The van der Waals surface area contributed by atoms with Crippen LogP contribution in [0, 0.1) is 5.92 Å². The Morgan fingerprint density at radius 2 is 1.96 bits per heavy atom. The molecule has 3 rings (SSSR count). The number of amides is 2. The summed E-state index contributed by atoms with van der Waals surface area (Å²) in [5.74, 6) is 0.890. The minimum atomic E-state index is 0.00541. The Morgan fingerprint density at radius 1 is 1.12 bits per heavy atom. The van der Waals surface area contributed by atoms with Crippen molar-refractivity contribution in [3.63, 3.8) is 0 Å². The highest BCUT2D eigenvalue weighted by Crippen LogP contribution is 2.16. The van der Waals surface area contributed by atoms with Gasteiger partial charge >= 0.3 is 0 Å². The highest BCUT2D eigenvalue weighted by Gasteiger charge is 2.25. The number of morpholine rings is 1. The van der Waals surface area contributed by atoms with Crippen molar-refractivity contribution in [2.45, 2.75) is 38.1 Å². The zero-order valence-electron chi connectivity index (χ0n) is 15.2. The Balaban J connectivity index is 1.34. The molecule has 0 saturated carbocycles. The van der Waals surface area contributed by atoms with Gasteiger partial charge in [0.05, 0.1) is 19.3 Å². The molecule has 2 amide bonds. The third kappa shape index (κ3) is 5.66. The number of hydrogen-bond donors (Lipinski definition) is 2. The van der Waals surface area contributed by atoms with Gasteiger partial charge < -0.3 is 25.2 Å². The lowest BCUT2D eigenvalue weighted by Crippen LogP contribution is -2.46. The Hall–Kier alpha value is -1.18. The number of hydrogen-bond acceptors (Lipinski definition) is 5. The molecule has 3 fully saturated rings.